The largest absolute Gasteiger partial charge is 0.494 e. The van der Waals surface area contributed by atoms with Gasteiger partial charge in [-0.05, 0) is 43.3 Å². The van der Waals surface area contributed by atoms with Crippen molar-refractivity contribution >= 4 is 27.2 Å². The zero-order valence-electron chi connectivity index (χ0n) is 16.9. The predicted molar refractivity (Wildman–Crippen MR) is 113 cm³/mol. The standard InChI is InChI=1S/C20H23N3O7S/c1-2-30-16-5-8-18(19(13-16)23(25)26)21-14-20(24)15-3-6-17(7-4-15)31(27,28)22-9-11-29-12-10-22/h3-8,13,21H,2,9-12,14H2,1H3. The Balaban J connectivity index is 1.68. The fraction of sp³-hybridized carbons (Fsp3) is 0.350. The Kier molecular flexibility index (Phi) is 7.21. The van der Waals surface area contributed by atoms with Crippen molar-refractivity contribution in [3.05, 3.63) is 58.1 Å². The third kappa shape index (κ3) is 5.37. The molecular weight excluding hydrogens is 426 g/mol. The molecule has 166 valence electrons. The lowest BCUT2D eigenvalue weighted by Gasteiger charge is -2.26. The van der Waals surface area contributed by atoms with Gasteiger partial charge in [0.15, 0.2) is 5.78 Å². The molecule has 0 aromatic heterocycles. The van der Waals surface area contributed by atoms with E-state index in [1.165, 1.54) is 40.7 Å². The molecule has 1 fully saturated rings. The van der Waals surface area contributed by atoms with Crippen LogP contribution in [0.25, 0.3) is 0 Å². The second-order valence-corrected chi connectivity index (χ2v) is 8.62. The predicted octanol–water partition coefficient (Wildman–Crippen LogP) is 2.31. The van der Waals surface area contributed by atoms with Crippen LogP contribution in [0, 0.1) is 10.1 Å². The van der Waals surface area contributed by atoms with Gasteiger partial charge in [-0.1, -0.05) is 0 Å². The first-order valence-electron chi connectivity index (χ1n) is 9.69. The number of nitro groups is 1. The highest BCUT2D eigenvalue weighted by molar-refractivity contribution is 7.89. The van der Waals surface area contributed by atoms with Gasteiger partial charge in [0.05, 0.1) is 42.3 Å². The molecule has 11 heteroatoms. The molecule has 0 amide bonds. The highest BCUT2D eigenvalue weighted by atomic mass is 32.2. The minimum Gasteiger partial charge on any atom is -0.494 e. The fourth-order valence-electron chi connectivity index (χ4n) is 3.09. The fourth-order valence-corrected chi connectivity index (χ4v) is 4.50. The molecule has 0 unspecified atom stereocenters. The van der Waals surface area contributed by atoms with Gasteiger partial charge >= 0.3 is 0 Å². The summed E-state index contributed by atoms with van der Waals surface area (Å²) >= 11 is 0. The Labute approximate surface area is 180 Å². The molecule has 1 saturated heterocycles. The molecular formula is C20H23N3O7S. The van der Waals surface area contributed by atoms with Gasteiger partial charge in [0.2, 0.25) is 10.0 Å². The molecule has 3 rings (SSSR count). The monoisotopic (exact) mass is 449 g/mol. The van der Waals surface area contributed by atoms with Crippen LogP contribution in [0.15, 0.2) is 47.4 Å². The first kappa shape index (κ1) is 22.7. The van der Waals surface area contributed by atoms with Crippen molar-refractivity contribution in [2.75, 3.05) is 44.8 Å². The van der Waals surface area contributed by atoms with Crippen molar-refractivity contribution in [2.45, 2.75) is 11.8 Å². The Morgan fingerprint density at radius 2 is 1.87 bits per heavy atom. The summed E-state index contributed by atoms with van der Waals surface area (Å²) in [6, 6.07) is 9.99. The van der Waals surface area contributed by atoms with Crippen LogP contribution in [0.3, 0.4) is 0 Å². The zero-order valence-corrected chi connectivity index (χ0v) is 17.8. The molecule has 0 atom stereocenters. The van der Waals surface area contributed by atoms with E-state index in [-0.39, 0.29) is 41.7 Å². The van der Waals surface area contributed by atoms with E-state index in [1.54, 1.807) is 13.0 Å². The van der Waals surface area contributed by atoms with Crippen LogP contribution in [0.2, 0.25) is 0 Å². The minimum absolute atomic E-state index is 0.0982. The maximum atomic E-state index is 12.7. The number of ketones is 1. The number of benzene rings is 2. The summed E-state index contributed by atoms with van der Waals surface area (Å²) in [5.74, 6) is 0.0293. The van der Waals surface area contributed by atoms with E-state index in [1.807, 2.05) is 0 Å². The second kappa shape index (κ2) is 9.86. The zero-order chi connectivity index (χ0) is 22.4. The maximum Gasteiger partial charge on any atom is 0.296 e. The number of nitrogens with zero attached hydrogens (tertiary/aromatic N) is 2. The maximum absolute atomic E-state index is 12.7. The van der Waals surface area contributed by atoms with Crippen LogP contribution < -0.4 is 10.1 Å². The van der Waals surface area contributed by atoms with Gasteiger partial charge in [-0.15, -0.1) is 0 Å². The van der Waals surface area contributed by atoms with Crippen LogP contribution in [-0.2, 0) is 14.8 Å². The lowest BCUT2D eigenvalue weighted by Crippen LogP contribution is -2.40. The Morgan fingerprint density at radius 3 is 2.48 bits per heavy atom. The van der Waals surface area contributed by atoms with Crippen molar-refractivity contribution in [2.24, 2.45) is 0 Å². The Hall–Kier alpha value is -3.02. The van der Waals surface area contributed by atoms with E-state index < -0.39 is 14.9 Å². The number of anilines is 1. The molecule has 1 aliphatic heterocycles. The highest BCUT2D eigenvalue weighted by Crippen LogP contribution is 2.29. The topological polar surface area (TPSA) is 128 Å². The molecule has 31 heavy (non-hydrogen) atoms. The molecule has 1 heterocycles. The summed E-state index contributed by atoms with van der Waals surface area (Å²) in [5, 5.41) is 14.1. The van der Waals surface area contributed by atoms with E-state index in [4.69, 9.17) is 9.47 Å². The Morgan fingerprint density at radius 1 is 1.19 bits per heavy atom. The normalized spacial score (nSPS) is 14.7. The molecule has 2 aromatic rings. The summed E-state index contributed by atoms with van der Waals surface area (Å²) < 4.78 is 37.1. The number of hydrogen-bond acceptors (Lipinski definition) is 8. The van der Waals surface area contributed by atoms with E-state index in [9.17, 15) is 23.3 Å². The second-order valence-electron chi connectivity index (χ2n) is 6.69. The van der Waals surface area contributed by atoms with Gasteiger partial charge in [0, 0.05) is 18.7 Å². The molecule has 0 aliphatic carbocycles. The van der Waals surface area contributed by atoms with Gasteiger partial charge in [0.1, 0.15) is 11.4 Å². The van der Waals surface area contributed by atoms with Crippen molar-refractivity contribution in [1.82, 2.24) is 4.31 Å². The van der Waals surface area contributed by atoms with E-state index in [0.717, 1.165) is 0 Å². The quantitative estimate of drug-likeness (QED) is 0.351. The number of nitro benzene ring substituents is 1. The number of carbonyl (C=O) groups is 1. The van der Waals surface area contributed by atoms with Crippen LogP contribution in [-0.4, -0.2) is 62.9 Å². The number of rotatable bonds is 9. The highest BCUT2D eigenvalue weighted by Gasteiger charge is 2.26. The summed E-state index contributed by atoms with van der Waals surface area (Å²) in [6.07, 6.45) is 0. The molecule has 0 bridgehead atoms. The van der Waals surface area contributed by atoms with Crippen LogP contribution >= 0.6 is 0 Å². The van der Waals surface area contributed by atoms with E-state index >= 15 is 0 Å². The van der Waals surface area contributed by atoms with Crippen LogP contribution in [0.4, 0.5) is 11.4 Å². The number of morpholine rings is 1. The minimum atomic E-state index is -3.64. The van der Waals surface area contributed by atoms with E-state index in [2.05, 4.69) is 5.32 Å². The van der Waals surface area contributed by atoms with Gasteiger partial charge in [-0.2, -0.15) is 4.31 Å². The molecule has 2 aromatic carbocycles. The summed E-state index contributed by atoms with van der Waals surface area (Å²) in [5.41, 5.74) is 0.279. The van der Waals surface area contributed by atoms with Crippen molar-refractivity contribution in [3.63, 3.8) is 0 Å². The average molecular weight is 449 g/mol. The number of carbonyl (C=O) groups excluding carboxylic acids is 1. The molecule has 0 saturated carbocycles. The van der Waals surface area contributed by atoms with Gasteiger partial charge < -0.3 is 14.8 Å². The molecule has 1 aliphatic rings. The first-order valence-corrected chi connectivity index (χ1v) is 11.1. The number of sulfonamides is 1. The third-order valence-corrected chi connectivity index (χ3v) is 6.61. The van der Waals surface area contributed by atoms with Crippen molar-refractivity contribution < 1.29 is 27.6 Å². The van der Waals surface area contributed by atoms with Crippen molar-refractivity contribution in [1.29, 1.82) is 0 Å². The summed E-state index contributed by atoms with van der Waals surface area (Å²) in [4.78, 5) is 23.4. The van der Waals surface area contributed by atoms with Crippen molar-refractivity contribution in [3.8, 4) is 5.75 Å². The number of Topliss-reactive ketones (excluding diaryl/α,β-unsaturated/α-hetero) is 1. The number of nitrogens with one attached hydrogen (secondary N) is 1. The van der Waals surface area contributed by atoms with Gasteiger partial charge in [-0.3, -0.25) is 14.9 Å². The molecule has 0 radical (unpaired) electrons. The lowest BCUT2D eigenvalue weighted by atomic mass is 10.1. The number of hydrogen-bond donors (Lipinski definition) is 1. The Bertz CT molecular complexity index is 1050. The van der Waals surface area contributed by atoms with Crippen LogP contribution in [0.5, 0.6) is 5.75 Å². The SMILES string of the molecule is CCOc1ccc(NCC(=O)c2ccc(S(=O)(=O)N3CCOCC3)cc2)c([N+](=O)[O-])c1. The smallest absolute Gasteiger partial charge is 0.296 e. The van der Waals surface area contributed by atoms with E-state index in [0.29, 0.717) is 31.1 Å². The van der Waals surface area contributed by atoms with Crippen LogP contribution in [0.1, 0.15) is 17.3 Å². The first-order chi connectivity index (χ1) is 14.8. The number of ether oxygens (including phenoxy) is 2. The molecule has 1 N–H and O–H groups in total. The average Bonchev–Trinajstić information content (AvgIpc) is 2.78. The molecule has 0 spiro atoms. The third-order valence-electron chi connectivity index (χ3n) is 4.70. The summed E-state index contributed by atoms with van der Waals surface area (Å²) in [6.45, 7) is 3.22. The van der Waals surface area contributed by atoms with Gasteiger partial charge in [0.25, 0.3) is 5.69 Å². The lowest BCUT2D eigenvalue weighted by molar-refractivity contribution is -0.384. The summed E-state index contributed by atoms with van der Waals surface area (Å²) in [7, 11) is -3.64. The molecule has 10 nitrogen and oxygen atoms in total. The van der Waals surface area contributed by atoms with Gasteiger partial charge in [-0.25, -0.2) is 8.42 Å².